The number of rotatable bonds is 3. The molecule has 1 heterocycles. The molecule has 0 bridgehead atoms. The fourth-order valence-electron chi connectivity index (χ4n) is 5.27. The summed E-state index contributed by atoms with van der Waals surface area (Å²) in [5, 5.41) is 16.0. The van der Waals surface area contributed by atoms with E-state index in [9.17, 15) is 9.90 Å². The Labute approximate surface area is 192 Å². The van der Waals surface area contributed by atoms with Gasteiger partial charge in [-0.25, -0.2) is 0 Å². The number of aliphatic hydroxyl groups is 1. The minimum absolute atomic E-state index is 0.0993. The summed E-state index contributed by atoms with van der Waals surface area (Å²) in [5.41, 5.74) is 5.23. The highest BCUT2D eigenvalue weighted by molar-refractivity contribution is 6.31. The predicted octanol–water partition coefficient (Wildman–Crippen LogP) is 6.19. The predicted molar refractivity (Wildman–Crippen MR) is 128 cm³/mol. The normalized spacial score (nSPS) is 19.4. The number of aliphatic hydroxyl groups excluding tert-OH is 1. The first-order chi connectivity index (χ1) is 15.3. The molecule has 32 heavy (non-hydrogen) atoms. The molecule has 1 aliphatic heterocycles. The van der Waals surface area contributed by atoms with Crippen molar-refractivity contribution < 1.29 is 14.6 Å². The Morgan fingerprint density at radius 2 is 1.94 bits per heavy atom. The van der Waals surface area contributed by atoms with E-state index >= 15 is 0 Å². The first kappa shape index (κ1) is 21.0. The Hall–Kier alpha value is -2.82. The summed E-state index contributed by atoms with van der Waals surface area (Å²) in [4.78, 5) is 13.5. The van der Waals surface area contributed by atoms with E-state index in [1.165, 1.54) is 0 Å². The molecule has 3 aromatic carbocycles. The molecule has 2 aliphatic rings. The van der Waals surface area contributed by atoms with Gasteiger partial charge in [0, 0.05) is 34.9 Å². The second-order valence-corrected chi connectivity index (χ2v) is 9.89. The van der Waals surface area contributed by atoms with Gasteiger partial charge >= 0.3 is 0 Å². The van der Waals surface area contributed by atoms with Crippen LogP contribution in [0.3, 0.4) is 0 Å². The molecule has 1 atom stereocenters. The first-order valence-corrected chi connectivity index (χ1v) is 11.2. The lowest BCUT2D eigenvalue weighted by atomic mass is 9.68. The van der Waals surface area contributed by atoms with Gasteiger partial charge in [0.2, 0.25) is 0 Å². The number of carbonyl (C=O) groups excluding carboxylic acids is 1. The maximum atomic E-state index is 13.5. The lowest BCUT2D eigenvalue weighted by molar-refractivity contribution is -0.118. The van der Waals surface area contributed by atoms with Gasteiger partial charge in [0.25, 0.3) is 0 Å². The van der Waals surface area contributed by atoms with Gasteiger partial charge < -0.3 is 15.2 Å². The van der Waals surface area contributed by atoms with Crippen LogP contribution >= 0.6 is 11.6 Å². The Balaban J connectivity index is 1.83. The van der Waals surface area contributed by atoms with Gasteiger partial charge in [-0.05, 0) is 51.9 Å². The van der Waals surface area contributed by atoms with Crippen molar-refractivity contribution in [3.8, 4) is 5.75 Å². The lowest BCUT2D eigenvalue weighted by Gasteiger charge is -2.40. The quantitative estimate of drug-likeness (QED) is 0.502. The summed E-state index contributed by atoms with van der Waals surface area (Å²) < 4.78 is 5.56. The third-order valence-corrected chi connectivity index (χ3v) is 6.98. The van der Waals surface area contributed by atoms with E-state index in [1.54, 1.807) is 7.11 Å². The Morgan fingerprint density at radius 1 is 1.16 bits per heavy atom. The van der Waals surface area contributed by atoms with E-state index in [4.69, 9.17) is 16.3 Å². The number of halogens is 1. The topological polar surface area (TPSA) is 58.6 Å². The first-order valence-electron chi connectivity index (χ1n) is 10.8. The third kappa shape index (κ3) is 3.30. The van der Waals surface area contributed by atoms with Crippen LogP contribution in [0.1, 0.15) is 49.3 Å². The van der Waals surface area contributed by atoms with Crippen LogP contribution in [0, 0.1) is 5.41 Å². The number of ether oxygens (including phenoxy) is 1. The molecule has 164 valence electrons. The van der Waals surface area contributed by atoms with Gasteiger partial charge in [0.15, 0.2) is 5.78 Å². The van der Waals surface area contributed by atoms with Crippen molar-refractivity contribution in [1.82, 2.24) is 0 Å². The van der Waals surface area contributed by atoms with Gasteiger partial charge in [-0.3, -0.25) is 4.79 Å². The highest BCUT2D eigenvalue weighted by Gasteiger charge is 2.41. The van der Waals surface area contributed by atoms with Gasteiger partial charge in [-0.15, -0.1) is 0 Å². The van der Waals surface area contributed by atoms with E-state index in [0.717, 1.165) is 45.3 Å². The summed E-state index contributed by atoms with van der Waals surface area (Å²) in [6, 6.07) is 16.2. The van der Waals surface area contributed by atoms with Crippen LogP contribution in [-0.2, 0) is 11.4 Å². The molecule has 0 saturated heterocycles. The Kier molecular flexibility index (Phi) is 5.03. The molecule has 0 saturated carbocycles. The van der Waals surface area contributed by atoms with Crippen LogP contribution in [0.5, 0.6) is 5.75 Å². The molecule has 5 rings (SSSR count). The number of methoxy groups -OCH3 is 1. The lowest BCUT2D eigenvalue weighted by Crippen LogP contribution is -2.34. The number of ketones is 1. The van der Waals surface area contributed by atoms with Crippen molar-refractivity contribution in [2.24, 2.45) is 5.41 Å². The second kappa shape index (κ2) is 7.65. The van der Waals surface area contributed by atoms with Crippen LogP contribution in [0.15, 0.2) is 59.8 Å². The molecule has 0 fully saturated rings. The summed E-state index contributed by atoms with van der Waals surface area (Å²) in [6.07, 6.45) is 1.31. The van der Waals surface area contributed by atoms with Crippen molar-refractivity contribution >= 4 is 33.8 Å². The number of Topliss-reactive ketones (excluding diaryl/α,β-unsaturated/α-hetero) is 1. The van der Waals surface area contributed by atoms with E-state index in [2.05, 4.69) is 43.4 Å². The number of hydrogen-bond acceptors (Lipinski definition) is 4. The number of hydrogen-bond donors (Lipinski definition) is 2. The second-order valence-electron chi connectivity index (χ2n) is 9.48. The van der Waals surface area contributed by atoms with Crippen LogP contribution in [0.2, 0.25) is 5.02 Å². The molecule has 0 aromatic heterocycles. The largest absolute Gasteiger partial charge is 0.496 e. The maximum Gasteiger partial charge on any atom is 0.162 e. The van der Waals surface area contributed by atoms with Crippen LogP contribution in [0.4, 0.5) is 5.69 Å². The Morgan fingerprint density at radius 3 is 2.69 bits per heavy atom. The number of carbonyl (C=O) groups is 1. The molecular formula is C27H26ClNO3. The van der Waals surface area contributed by atoms with Crippen molar-refractivity contribution in [2.75, 3.05) is 12.4 Å². The summed E-state index contributed by atoms with van der Waals surface area (Å²) >= 11 is 6.58. The maximum absolute atomic E-state index is 13.5. The molecular weight excluding hydrogens is 422 g/mol. The smallest absolute Gasteiger partial charge is 0.162 e. The van der Waals surface area contributed by atoms with E-state index in [1.807, 2.05) is 24.3 Å². The summed E-state index contributed by atoms with van der Waals surface area (Å²) in [6.45, 7) is 4.06. The van der Waals surface area contributed by atoms with Crippen molar-refractivity contribution in [3.05, 3.63) is 81.5 Å². The average Bonchev–Trinajstić information content (AvgIpc) is 2.76. The highest BCUT2D eigenvalue weighted by Crippen LogP contribution is 2.51. The highest BCUT2D eigenvalue weighted by atomic mass is 35.5. The van der Waals surface area contributed by atoms with Crippen LogP contribution in [0.25, 0.3) is 10.8 Å². The van der Waals surface area contributed by atoms with Crippen LogP contribution < -0.4 is 10.1 Å². The molecule has 1 aliphatic carbocycles. The van der Waals surface area contributed by atoms with Gasteiger partial charge in [-0.1, -0.05) is 55.8 Å². The number of fused-ring (bicyclic) bond motifs is 3. The minimum atomic E-state index is -0.268. The zero-order chi connectivity index (χ0) is 22.6. The fraction of sp³-hybridized carbons (Fsp3) is 0.296. The SMILES string of the molecule is COc1cc(C2C3=C(CC(C)(C)CC3=O)Nc3ccc4ccccc4c32)cc(Cl)c1CO. The monoisotopic (exact) mass is 447 g/mol. The fourth-order valence-corrected chi connectivity index (χ4v) is 5.55. The van der Waals surface area contributed by atoms with Crippen molar-refractivity contribution in [2.45, 2.75) is 39.2 Å². The standard InChI is InChI=1S/C27H26ClNO3/c1-27(2)12-21-26(22(31)13-27)24(16-10-19(28)18(14-30)23(11-16)32-3)25-17-7-5-4-6-15(17)8-9-20(25)29-21/h4-11,24,29-30H,12-14H2,1-3H3. The number of allylic oxidation sites excluding steroid dienone is 2. The number of nitrogens with one attached hydrogen (secondary N) is 1. The molecule has 0 spiro atoms. The van der Waals surface area contributed by atoms with E-state index in [-0.39, 0.29) is 23.7 Å². The summed E-state index contributed by atoms with van der Waals surface area (Å²) in [7, 11) is 1.57. The molecule has 5 heteroatoms. The van der Waals surface area contributed by atoms with Crippen LogP contribution in [-0.4, -0.2) is 18.0 Å². The molecule has 1 unspecified atom stereocenters. The minimum Gasteiger partial charge on any atom is -0.496 e. The average molecular weight is 448 g/mol. The molecule has 4 nitrogen and oxygen atoms in total. The zero-order valence-electron chi connectivity index (χ0n) is 18.5. The third-order valence-electron chi connectivity index (χ3n) is 6.64. The molecule has 0 amide bonds. The number of anilines is 1. The van der Waals surface area contributed by atoms with Crippen molar-refractivity contribution in [1.29, 1.82) is 0 Å². The molecule has 2 N–H and O–H groups in total. The van der Waals surface area contributed by atoms with Gasteiger partial charge in [0.05, 0.1) is 18.7 Å². The molecule has 3 aromatic rings. The summed E-state index contributed by atoms with van der Waals surface area (Å²) in [5.74, 6) is 0.421. The molecule has 0 radical (unpaired) electrons. The van der Waals surface area contributed by atoms with Crippen molar-refractivity contribution in [3.63, 3.8) is 0 Å². The number of benzene rings is 3. The zero-order valence-corrected chi connectivity index (χ0v) is 19.2. The van der Waals surface area contributed by atoms with Gasteiger partial charge in [0.1, 0.15) is 5.75 Å². The van der Waals surface area contributed by atoms with E-state index < -0.39 is 0 Å². The Bertz CT molecular complexity index is 1290. The van der Waals surface area contributed by atoms with E-state index in [0.29, 0.717) is 22.8 Å². The van der Waals surface area contributed by atoms with Gasteiger partial charge in [-0.2, -0.15) is 0 Å².